The lowest BCUT2D eigenvalue weighted by molar-refractivity contribution is 0.102. The third-order valence-corrected chi connectivity index (χ3v) is 5.40. The van der Waals surface area contributed by atoms with E-state index in [1.54, 1.807) is 23.7 Å². The van der Waals surface area contributed by atoms with Gasteiger partial charge in [0.25, 0.3) is 5.91 Å². The Labute approximate surface area is 182 Å². The monoisotopic (exact) mass is 427 g/mol. The summed E-state index contributed by atoms with van der Waals surface area (Å²) in [5.41, 5.74) is 5.30. The molecule has 0 bridgehead atoms. The van der Waals surface area contributed by atoms with Gasteiger partial charge in [-0.2, -0.15) is 0 Å². The van der Waals surface area contributed by atoms with Crippen LogP contribution in [0.1, 0.15) is 16.1 Å². The van der Waals surface area contributed by atoms with Gasteiger partial charge in [-0.25, -0.2) is 4.98 Å². The minimum atomic E-state index is -0.244. The highest BCUT2D eigenvalue weighted by Crippen LogP contribution is 2.30. The van der Waals surface area contributed by atoms with E-state index >= 15 is 0 Å². The van der Waals surface area contributed by atoms with Crippen molar-refractivity contribution < 1.29 is 14.1 Å². The average molecular weight is 427 g/mol. The first-order valence-corrected chi connectivity index (χ1v) is 10.6. The fraction of sp³-hybridized carbons (Fsp3) is 0.0417. The number of hydrogen-bond donors (Lipinski definition) is 1. The van der Waals surface area contributed by atoms with Crippen LogP contribution in [0.5, 0.6) is 5.75 Å². The van der Waals surface area contributed by atoms with Crippen molar-refractivity contribution >= 4 is 33.8 Å². The number of para-hydroxylation sites is 2. The zero-order valence-corrected chi connectivity index (χ0v) is 17.1. The molecule has 2 heterocycles. The Balaban J connectivity index is 1.40. The summed E-state index contributed by atoms with van der Waals surface area (Å²) in [6.45, 7) is 0.337. The number of thiazole rings is 1. The number of ether oxygens (including phenoxy) is 1. The number of carbonyl (C=O) groups is 1. The van der Waals surface area contributed by atoms with Crippen LogP contribution in [-0.4, -0.2) is 16.0 Å². The molecule has 3 aromatic carbocycles. The second-order valence-corrected chi connectivity index (χ2v) is 7.55. The van der Waals surface area contributed by atoms with E-state index in [0.717, 1.165) is 16.6 Å². The van der Waals surface area contributed by atoms with Crippen LogP contribution in [0.15, 0.2) is 88.2 Å². The summed E-state index contributed by atoms with van der Waals surface area (Å²) in [7, 11) is 0. The summed E-state index contributed by atoms with van der Waals surface area (Å²) < 4.78 is 11.4. The van der Waals surface area contributed by atoms with Crippen LogP contribution in [0, 0.1) is 0 Å². The largest absolute Gasteiger partial charge is 0.485 e. The number of nitrogens with one attached hydrogen (secondary N) is 1. The highest BCUT2D eigenvalue weighted by Gasteiger charge is 2.15. The van der Waals surface area contributed by atoms with Crippen molar-refractivity contribution in [3.8, 4) is 17.1 Å². The molecule has 1 amide bonds. The number of carbonyl (C=O) groups excluding carboxylic acids is 1. The molecule has 152 valence electrons. The molecule has 31 heavy (non-hydrogen) atoms. The first kappa shape index (κ1) is 19.0. The van der Waals surface area contributed by atoms with Crippen LogP contribution < -0.4 is 10.1 Å². The highest BCUT2D eigenvalue weighted by atomic mass is 32.1. The molecule has 1 N–H and O–H groups in total. The summed E-state index contributed by atoms with van der Waals surface area (Å²) in [5, 5.41) is 9.77. The van der Waals surface area contributed by atoms with Gasteiger partial charge in [-0.1, -0.05) is 47.6 Å². The Hall–Kier alpha value is -3.97. The van der Waals surface area contributed by atoms with Crippen LogP contribution >= 0.6 is 11.3 Å². The van der Waals surface area contributed by atoms with Crippen molar-refractivity contribution in [1.82, 2.24) is 10.1 Å². The molecule has 0 atom stereocenters. The quantitative estimate of drug-likeness (QED) is 0.371. The molecule has 0 saturated carbocycles. The molecule has 0 aliphatic heterocycles. The highest BCUT2D eigenvalue weighted by molar-refractivity contribution is 7.07. The molecule has 6 nitrogen and oxygen atoms in total. The summed E-state index contributed by atoms with van der Waals surface area (Å²) in [4.78, 5) is 17.2. The first-order valence-electron chi connectivity index (χ1n) is 9.63. The molecule has 0 aliphatic rings. The van der Waals surface area contributed by atoms with E-state index in [-0.39, 0.29) is 5.91 Å². The zero-order valence-electron chi connectivity index (χ0n) is 16.3. The predicted octanol–water partition coefficient (Wildman–Crippen LogP) is 5.78. The van der Waals surface area contributed by atoms with E-state index in [1.807, 2.05) is 60.0 Å². The fourth-order valence-electron chi connectivity index (χ4n) is 3.23. The normalized spacial score (nSPS) is 10.8. The number of amides is 1. The van der Waals surface area contributed by atoms with Crippen LogP contribution in [0.25, 0.3) is 22.2 Å². The minimum absolute atomic E-state index is 0.244. The van der Waals surface area contributed by atoms with Crippen molar-refractivity contribution in [2.75, 3.05) is 5.32 Å². The van der Waals surface area contributed by atoms with Gasteiger partial charge >= 0.3 is 0 Å². The zero-order chi connectivity index (χ0) is 21.0. The van der Waals surface area contributed by atoms with Crippen molar-refractivity contribution in [2.45, 2.75) is 6.61 Å². The Kier molecular flexibility index (Phi) is 5.16. The standard InChI is InChI=1S/C24H17N3O3S/c28-24(26-21-8-4-5-9-22(21)29-13-18-14-31-15-25-18)17-10-11-20-19(12-17)23(30-27-20)16-6-2-1-3-7-16/h1-12,14-15H,13H2,(H,26,28). The van der Waals surface area contributed by atoms with Crippen LogP contribution in [0.3, 0.4) is 0 Å². The lowest BCUT2D eigenvalue weighted by Crippen LogP contribution is -2.13. The van der Waals surface area contributed by atoms with Crippen molar-refractivity contribution in [3.63, 3.8) is 0 Å². The molecule has 0 saturated heterocycles. The predicted molar refractivity (Wildman–Crippen MR) is 120 cm³/mol. The van der Waals surface area contributed by atoms with Gasteiger partial charge in [0.15, 0.2) is 5.76 Å². The molecule has 5 aromatic rings. The maximum atomic E-state index is 13.0. The molecule has 0 fully saturated rings. The van der Waals surface area contributed by atoms with Crippen LogP contribution in [0.2, 0.25) is 0 Å². The third-order valence-electron chi connectivity index (χ3n) is 4.77. The maximum Gasteiger partial charge on any atom is 0.255 e. The summed E-state index contributed by atoms with van der Waals surface area (Å²) in [6.07, 6.45) is 0. The number of aromatic nitrogens is 2. The van der Waals surface area contributed by atoms with Crippen molar-refractivity contribution in [1.29, 1.82) is 0 Å². The Morgan fingerprint density at radius 2 is 1.87 bits per heavy atom. The Morgan fingerprint density at radius 1 is 1.03 bits per heavy atom. The number of fused-ring (bicyclic) bond motifs is 1. The van der Waals surface area contributed by atoms with Gasteiger partial charge in [-0.15, -0.1) is 11.3 Å². The summed E-state index contributed by atoms with van der Waals surface area (Å²) >= 11 is 1.51. The van der Waals surface area contributed by atoms with Gasteiger partial charge in [0.1, 0.15) is 17.9 Å². The topological polar surface area (TPSA) is 77.2 Å². The van der Waals surface area contributed by atoms with Crippen LogP contribution in [-0.2, 0) is 6.61 Å². The molecule has 0 unspecified atom stereocenters. The number of hydrogen-bond acceptors (Lipinski definition) is 6. The van der Waals surface area contributed by atoms with E-state index in [4.69, 9.17) is 9.26 Å². The lowest BCUT2D eigenvalue weighted by atomic mass is 10.1. The smallest absolute Gasteiger partial charge is 0.255 e. The Morgan fingerprint density at radius 3 is 2.71 bits per heavy atom. The molecule has 0 radical (unpaired) electrons. The molecular formula is C24H17N3O3S. The molecule has 5 rings (SSSR count). The van der Waals surface area contributed by atoms with Gasteiger partial charge in [-0.05, 0) is 30.3 Å². The average Bonchev–Trinajstić information content (AvgIpc) is 3.48. The summed E-state index contributed by atoms with van der Waals surface area (Å²) in [5.74, 6) is 0.976. The molecule has 2 aromatic heterocycles. The second kappa shape index (κ2) is 8.41. The van der Waals surface area contributed by atoms with Crippen molar-refractivity contribution in [2.24, 2.45) is 0 Å². The van der Waals surface area contributed by atoms with Gasteiger partial charge in [-0.3, -0.25) is 4.79 Å². The second-order valence-electron chi connectivity index (χ2n) is 6.83. The van der Waals surface area contributed by atoms with E-state index in [2.05, 4.69) is 15.5 Å². The SMILES string of the molecule is O=C(Nc1ccccc1OCc1cscn1)c1ccc2noc(-c3ccccc3)c2c1. The fourth-order valence-corrected chi connectivity index (χ4v) is 3.77. The van der Waals surface area contributed by atoms with E-state index in [9.17, 15) is 4.79 Å². The third kappa shape index (κ3) is 4.04. The Bertz CT molecular complexity index is 1330. The molecule has 7 heteroatoms. The van der Waals surface area contributed by atoms with Gasteiger partial charge < -0.3 is 14.6 Å². The van der Waals surface area contributed by atoms with Gasteiger partial charge in [0, 0.05) is 16.5 Å². The number of anilines is 1. The number of rotatable bonds is 6. The lowest BCUT2D eigenvalue weighted by Gasteiger charge is -2.12. The van der Waals surface area contributed by atoms with E-state index < -0.39 is 0 Å². The molecule has 0 aliphatic carbocycles. The number of nitrogens with zero attached hydrogens (tertiary/aromatic N) is 2. The molecular weight excluding hydrogens is 410 g/mol. The van der Waals surface area contributed by atoms with E-state index in [1.165, 1.54) is 11.3 Å². The number of benzene rings is 3. The summed E-state index contributed by atoms with van der Waals surface area (Å²) in [6, 6.07) is 22.3. The maximum absolute atomic E-state index is 13.0. The first-order chi connectivity index (χ1) is 15.3. The van der Waals surface area contributed by atoms with Gasteiger partial charge in [0.05, 0.1) is 22.3 Å². The van der Waals surface area contributed by atoms with Gasteiger partial charge in [0.2, 0.25) is 0 Å². The minimum Gasteiger partial charge on any atom is -0.485 e. The van der Waals surface area contributed by atoms with Crippen molar-refractivity contribution in [3.05, 3.63) is 94.9 Å². The molecule has 0 spiro atoms. The van der Waals surface area contributed by atoms with E-state index in [0.29, 0.717) is 34.9 Å². The van der Waals surface area contributed by atoms with Crippen LogP contribution in [0.4, 0.5) is 5.69 Å².